The minimum Gasteiger partial charge on any atom is -0.478 e. The number of hydrogen-bond acceptors (Lipinski definition) is 4. The van der Waals surface area contributed by atoms with E-state index < -0.39 is 5.97 Å². The minimum atomic E-state index is -0.939. The van der Waals surface area contributed by atoms with E-state index in [1.165, 1.54) is 11.3 Å². The van der Waals surface area contributed by atoms with Crippen molar-refractivity contribution in [3.05, 3.63) is 47.7 Å². The number of carboxylic acid groups (broad SMARTS) is 1. The first-order valence-corrected chi connectivity index (χ1v) is 6.14. The van der Waals surface area contributed by atoms with Gasteiger partial charge in [0.25, 0.3) is 0 Å². The van der Waals surface area contributed by atoms with Crippen molar-refractivity contribution < 1.29 is 9.90 Å². The summed E-state index contributed by atoms with van der Waals surface area (Å²) >= 11 is 1.39. The Morgan fingerprint density at radius 2 is 2.00 bits per heavy atom. The lowest BCUT2D eigenvalue weighted by Gasteiger charge is -2.00. The fraction of sp³-hybridized carbons (Fsp3) is 0. The van der Waals surface area contributed by atoms with Crippen LogP contribution in [0.5, 0.6) is 0 Å². The van der Waals surface area contributed by atoms with Gasteiger partial charge in [-0.15, -0.1) is 11.3 Å². The van der Waals surface area contributed by atoms with Crippen LogP contribution in [0, 0.1) is 0 Å². The quantitative estimate of drug-likeness (QED) is 0.765. The molecule has 5 heteroatoms. The third-order valence-corrected chi connectivity index (χ3v) is 3.57. The summed E-state index contributed by atoms with van der Waals surface area (Å²) < 4.78 is 0.877. The summed E-state index contributed by atoms with van der Waals surface area (Å²) in [6.07, 6.45) is 5.13. The molecule has 1 N–H and O–H groups in total. The SMILES string of the molecule is O=C(O)c1csc2cc(-c3ccncc3)cnc12. The van der Waals surface area contributed by atoms with Crippen LogP contribution < -0.4 is 0 Å². The molecule has 0 aliphatic rings. The van der Waals surface area contributed by atoms with Gasteiger partial charge < -0.3 is 5.11 Å². The van der Waals surface area contributed by atoms with Gasteiger partial charge in [-0.1, -0.05) is 0 Å². The van der Waals surface area contributed by atoms with Gasteiger partial charge in [0.2, 0.25) is 0 Å². The first-order chi connectivity index (χ1) is 8.75. The standard InChI is InChI=1S/C13H8N2O2S/c16-13(17)10-7-18-11-5-9(6-15-12(10)11)8-1-3-14-4-2-8/h1-7H,(H,16,17). The lowest BCUT2D eigenvalue weighted by Crippen LogP contribution is -1.94. The Bertz CT molecular complexity index is 722. The molecule has 0 fully saturated rings. The van der Waals surface area contributed by atoms with Crippen molar-refractivity contribution in [1.29, 1.82) is 0 Å². The average Bonchev–Trinajstić information content (AvgIpc) is 2.82. The van der Waals surface area contributed by atoms with Crippen LogP contribution in [0.1, 0.15) is 10.4 Å². The lowest BCUT2D eigenvalue weighted by molar-refractivity contribution is 0.0699. The molecule has 0 radical (unpaired) electrons. The number of aromatic nitrogens is 2. The summed E-state index contributed by atoms with van der Waals surface area (Å²) in [7, 11) is 0. The van der Waals surface area contributed by atoms with Gasteiger partial charge in [-0.3, -0.25) is 9.97 Å². The molecule has 0 atom stereocenters. The third-order valence-electron chi connectivity index (χ3n) is 2.66. The van der Waals surface area contributed by atoms with Gasteiger partial charge >= 0.3 is 5.97 Å². The van der Waals surface area contributed by atoms with Gasteiger partial charge in [-0.25, -0.2) is 4.79 Å². The van der Waals surface area contributed by atoms with E-state index in [1.807, 2.05) is 18.2 Å². The second kappa shape index (κ2) is 4.19. The molecule has 88 valence electrons. The number of rotatable bonds is 2. The number of pyridine rings is 2. The van der Waals surface area contributed by atoms with E-state index in [1.54, 1.807) is 24.0 Å². The van der Waals surface area contributed by atoms with Crippen LogP contribution in [0.25, 0.3) is 21.3 Å². The summed E-state index contributed by atoms with van der Waals surface area (Å²) in [5, 5.41) is 10.6. The fourth-order valence-electron chi connectivity index (χ4n) is 1.77. The number of carboxylic acids is 1. The first-order valence-electron chi connectivity index (χ1n) is 5.26. The fourth-order valence-corrected chi connectivity index (χ4v) is 2.70. The average molecular weight is 256 g/mol. The molecule has 0 saturated heterocycles. The summed E-state index contributed by atoms with van der Waals surface area (Å²) in [5.74, 6) is -0.939. The highest BCUT2D eigenvalue weighted by atomic mass is 32.1. The van der Waals surface area contributed by atoms with Crippen molar-refractivity contribution in [2.45, 2.75) is 0 Å². The zero-order valence-electron chi connectivity index (χ0n) is 9.20. The molecule has 18 heavy (non-hydrogen) atoms. The van der Waals surface area contributed by atoms with Gasteiger partial charge in [0.1, 0.15) is 0 Å². The van der Waals surface area contributed by atoms with Crippen LogP contribution in [-0.4, -0.2) is 21.0 Å². The van der Waals surface area contributed by atoms with Gasteiger partial charge in [0.15, 0.2) is 0 Å². The van der Waals surface area contributed by atoms with Crippen LogP contribution in [0.2, 0.25) is 0 Å². The van der Waals surface area contributed by atoms with E-state index in [2.05, 4.69) is 9.97 Å². The molecule has 0 spiro atoms. The number of aromatic carboxylic acids is 1. The molecule has 4 nitrogen and oxygen atoms in total. The van der Waals surface area contributed by atoms with Crippen LogP contribution >= 0.6 is 11.3 Å². The van der Waals surface area contributed by atoms with Crippen LogP contribution in [-0.2, 0) is 0 Å². The molecule has 3 rings (SSSR count). The van der Waals surface area contributed by atoms with E-state index in [0.717, 1.165) is 15.8 Å². The second-order valence-corrected chi connectivity index (χ2v) is 4.67. The van der Waals surface area contributed by atoms with E-state index in [-0.39, 0.29) is 5.56 Å². The van der Waals surface area contributed by atoms with Crippen molar-refractivity contribution in [3.63, 3.8) is 0 Å². The molecule has 0 bridgehead atoms. The summed E-state index contributed by atoms with van der Waals surface area (Å²) in [6.45, 7) is 0. The maximum atomic E-state index is 11.0. The number of hydrogen-bond donors (Lipinski definition) is 1. The predicted molar refractivity (Wildman–Crippen MR) is 69.8 cm³/mol. The highest BCUT2D eigenvalue weighted by Crippen LogP contribution is 2.28. The molecule has 0 saturated carbocycles. The zero-order chi connectivity index (χ0) is 12.5. The molecule has 0 aliphatic carbocycles. The Hall–Kier alpha value is -2.27. The molecular formula is C13H8N2O2S. The highest BCUT2D eigenvalue weighted by molar-refractivity contribution is 7.17. The highest BCUT2D eigenvalue weighted by Gasteiger charge is 2.12. The molecule has 0 aromatic carbocycles. The number of nitrogens with zero attached hydrogens (tertiary/aromatic N) is 2. The molecular weight excluding hydrogens is 248 g/mol. The molecule has 3 aromatic heterocycles. The van der Waals surface area contributed by atoms with E-state index in [0.29, 0.717) is 5.52 Å². The molecule has 3 heterocycles. The van der Waals surface area contributed by atoms with Crippen molar-refractivity contribution in [2.24, 2.45) is 0 Å². The summed E-state index contributed by atoms with van der Waals surface area (Å²) in [6, 6.07) is 5.75. The van der Waals surface area contributed by atoms with Crippen LogP contribution in [0.4, 0.5) is 0 Å². The smallest absolute Gasteiger partial charge is 0.338 e. The Labute approximate surface area is 107 Å². The van der Waals surface area contributed by atoms with Crippen molar-refractivity contribution >= 4 is 27.5 Å². The normalized spacial score (nSPS) is 10.7. The second-order valence-electron chi connectivity index (χ2n) is 3.76. The molecule has 3 aromatic rings. The Morgan fingerprint density at radius 3 is 2.72 bits per heavy atom. The maximum Gasteiger partial charge on any atom is 0.338 e. The number of carbonyl (C=O) groups is 1. The summed E-state index contributed by atoms with van der Waals surface area (Å²) in [4.78, 5) is 19.2. The van der Waals surface area contributed by atoms with Crippen molar-refractivity contribution in [2.75, 3.05) is 0 Å². The van der Waals surface area contributed by atoms with Gasteiger partial charge in [-0.2, -0.15) is 0 Å². The van der Waals surface area contributed by atoms with E-state index in [4.69, 9.17) is 5.11 Å². The van der Waals surface area contributed by atoms with Crippen LogP contribution in [0.3, 0.4) is 0 Å². The summed E-state index contributed by atoms with van der Waals surface area (Å²) in [5.41, 5.74) is 2.79. The number of fused-ring (bicyclic) bond motifs is 1. The van der Waals surface area contributed by atoms with Crippen LogP contribution in [0.15, 0.2) is 42.2 Å². The lowest BCUT2D eigenvalue weighted by atomic mass is 10.1. The Morgan fingerprint density at radius 1 is 1.22 bits per heavy atom. The predicted octanol–water partition coefficient (Wildman–Crippen LogP) is 3.06. The van der Waals surface area contributed by atoms with E-state index in [9.17, 15) is 4.79 Å². The van der Waals surface area contributed by atoms with Gasteiger partial charge in [0.05, 0.1) is 15.8 Å². The van der Waals surface area contributed by atoms with Gasteiger partial charge in [0, 0.05) is 29.5 Å². The topological polar surface area (TPSA) is 63.1 Å². The molecule has 0 aliphatic heterocycles. The Kier molecular flexibility index (Phi) is 2.53. The Balaban J connectivity index is 2.16. The molecule has 0 amide bonds. The molecule has 0 unspecified atom stereocenters. The third kappa shape index (κ3) is 1.74. The van der Waals surface area contributed by atoms with Crippen molar-refractivity contribution in [1.82, 2.24) is 9.97 Å². The van der Waals surface area contributed by atoms with E-state index >= 15 is 0 Å². The number of thiophene rings is 1. The monoisotopic (exact) mass is 256 g/mol. The van der Waals surface area contributed by atoms with Crippen molar-refractivity contribution in [3.8, 4) is 11.1 Å². The minimum absolute atomic E-state index is 0.260. The largest absolute Gasteiger partial charge is 0.478 e. The maximum absolute atomic E-state index is 11.0. The van der Waals surface area contributed by atoms with Gasteiger partial charge in [-0.05, 0) is 23.8 Å². The first kappa shape index (κ1) is 10.9. The zero-order valence-corrected chi connectivity index (χ0v) is 10.0.